The fourth-order valence-corrected chi connectivity index (χ4v) is 4.14. The Labute approximate surface area is 194 Å². The Morgan fingerprint density at radius 3 is 2.74 bits per heavy atom. The molecule has 0 radical (unpaired) electrons. The van der Waals surface area contributed by atoms with Crippen LogP contribution in [-0.2, 0) is 9.53 Å². The number of rotatable bonds is 5. The van der Waals surface area contributed by atoms with E-state index in [2.05, 4.69) is 25.5 Å². The van der Waals surface area contributed by atoms with E-state index in [0.717, 1.165) is 29.5 Å². The molecule has 1 aliphatic heterocycles. The normalized spacial score (nSPS) is 17.2. The lowest BCUT2D eigenvalue weighted by atomic mass is 10.1. The largest absolute Gasteiger partial charge is 0.378 e. The summed E-state index contributed by atoms with van der Waals surface area (Å²) < 4.78 is 21.3. The number of halogens is 1. The van der Waals surface area contributed by atoms with E-state index in [0.29, 0.717) is 36.1 Å². The zero-order valence-electron chi connectivity index (χ0n) is 18.6. The number of alkyl halides is 1. The molecule has 2 aliphatic rings. The maximum atomic E-state index is 14.1. The SMILES string of the molecule is CNc1ncc(-c2nc3ccc(N4CCOCC4)cn3n2)c2cc(NC(=O)C3(F)CC3)ncc12. The van der Waals surface area contributed by atoms with Crippen LogP contribution in [0.3, 0.4) is 0 Å². The molecule has 1 saturated heterocycles. The number of hydrogen-bond acceptors (Lipinski definition) is 8. The Balaban J connectivity index is 1.41. The summed E-state index contributed by atoms with van der Waals surface area (Å²) in [5.74, 6) is 0.734. The van der Waals surface area contributed by atoms with E-state index >= 15 is 0 Å². The van der Waals surface area contributed by atoms with Gasteiger partial charge in [-0.2, -0.15) is 0 Å². The first-order chi connectivity index (χ1) is 16.5. The zero-order valence-corrected chi connectivity index (χ0v) is 18.6. The van der Waals surface area contributed by atoms with Gasteiger partial charge in [-0.05, 0) is 31.0 Å². The second-order valence-corrected chi connectivity index (χ2v) is 8.53. The molecule has 174 valence electrons. The molecule has 0 bridgehead atoms. The molecule has 4 aromatic rings. The summed E-state index contributed by atoms with van der Waals surface area (Å²) in [4.78, 5) is 27.9. The van der Waals surface area contributed by atoms with Gasteiger partial charge in [0.2, 0.25) is 0 Å². The molecule has 4 aromatic heterocycles. The number of aromatic nitrogens is 5. The van der Waals surface area contributed by atoms with Gasteiger partial charge in [0, 0.05) is 48.9 Å². The number of nitrogens with zero attached hydrogens (tertiary/aromatic N) is 6. The molecule has 11 heteroatoms. The van der Waals surface area contributed by atoms with Crippen LogP contribution in [0.25, 0.3) is 27.8 Å². The van der Waals surface area contributed by atoms with Gasteiger partial charge < -0.3 is 20.3 Å². The van der Waals surface area contributed by atoms with Crippen LogP contribution in [-0.4, -0.2) is 69.5 Å². The lowest BCUT2D eigenvalue weighted by Gasteiger charge is -2.28. The fourth-order valence-electron chi connectivity index (χ4n) is 4.14. The van der Waals surface area contributed by atoms with Gasteiger partial charge in [0.05, 0.1) is 25.1 Å². The molecule has 0 unspecified atom stereocenters. The van der Waals surface area contributed by atoms with E-state index < -0.39 is 11.6 Å². The molecule has 5 heterocycles. The van der Waals surface area contributed by atoms with E-state index in [9.17, 15) is 9.18 Å². The van der Waals surface area contributed by atoms with Gasteiger partial charge in [-0.15, -0.1) is 5.10 Å². The topological polar surface area (TPSA) is 110 Å². The second-order valence-electron chi connectivity index (χ2n) is 8.53. The molecule has 1 aliphatic carbocycles. The van der Waals surface area contributed by atoms with Crippen LogP contribution in [0.5, 0.6) is 0 Å². The van der Waals surface area contributed by atoms with Gasteiger partial charge in [-0.25, -0.2) is 23.9 Å². The summed E-state index contributed by atoms with van der Waals surface area (Å²) in [6.07, 6.45) is 5.73. The lowest BCUT2D eigenvalue weighted by molar-refractivity contribution is -0.122. The highest BCUT2D eigenvalue weighted by Gasteiger charge is 2.51. The number of carbonyl (C=O) groups is 1. The van der Waals surface area contributed by atoms with E-state index in [1.807, 2.05) is 18.3 Å². The number of pyridine rings is 3. The third kappa shape index (κ3) is 3.58. The number of amides is 1. The smallest absolute Gasteiger partial charge is 0.263 e. The van der Waals surface area contributed by atoms with Crippen molar-refractivity contribution < 1.29 is 13.9 Å². The minimum atomic E-state index is -1.78. The van der Waals surface area contributed by atoms with Crippen molar-refractivity contribution in [2.75, 3.05) is 48.9 Å². The molecule has 6 rings (SSSR count). The van der Waals surface area contributed by atoms with Crippen LogP contribution in [0, 0.1) is 0 Å². The van der Waals surface area contributed by atoms with Crippen LogP contribution in [0.1, 0.15) is 12.8 Å². The first-order valence-corrected chi connectivity index (χ1v) is 11.2. The van der Waals surface area contributed by atoms with Crippen molar-refractivity contribution in [2.45, 2.75) is 18.5 Å². The van der Waals surface area contributed by atoms with E-state index in [4.69, 9.17) is 14.8 Å². The standard InChI is InChI=1S/C23H23FN8O2/c1-25-20-16-11-26-18(28-22(33)23(24)4-5-23)10-15(16)17(12-27-20)21-29-19-3-2-14(13-32(19)30-21)31-6-8-34-9-7-31/h2-3,10-13H,4-9H2,1H3,(H,25,27)(H,26,28,33). The first kappa shape index (κ1) is 20.7. The Bertz CT molecular complexity index is 1410. The summed E-state index contributed by atoms with van der Waals surface area (Å²) in [5, 5.41) is 11.8. The Kier molecular flexibility index (Phi) is 4.80. The Morgan fingerprint density at radius 1 is 1.15 bits per heavy atom. The molecular formula is C23H23FN8O2. The maximum absolute atomic E-state index is 14.1. The summed E-state index contributed by atoms with van der Waals surface area (Å²) >= 11 is 0. The highest BCUT2D eigenvalue weighted by Crippen LogP contribution is 2.41. The molecule has 10 nitrogen and oxygen atoms in total. The van der Waals surface area contributed by atoms with Crippen molar-refractivity contribution in [3.05, 3.63) is 36.8 Å². The number of ether oxygens (including phenoxy) is 1. The Morgan fingerprint density at radius 2 is 1.97 bits per heavy atom. The van der Waals surface area contributed by atoms with Crippen LogP contribution >= 0.6 is 0 Å². The number of morpholine rings is 1. The minimum Gasteiger partial charge on any atom is -0.378 e. The number of fused-ring (bicyclic) bond motifs is 2. The van der Waals surface area contributed by atoms with Crippen LogP contribution in [0.4, 0.5) is 21.7 Å². The molecular weight excluding hydrogens is 439 g/mol. The van der Waals surface area contributed by atoms with Crippen molar-refractivity contribution in [3.63, 3.8) is 0 Å². The second kappa shape index (κ2) is 7.87. The van der Waals surface area contributed by atoms with Crippen molar-refractivity contribution >= 4 is 39.6 Å². The van der Waals surface area contributed by atoms with Gasteiger partial charge >= 0.3 is 0 Å². The molecule has 2 fully saturated rings. The molecule has 1 amide bonds. The molecule has 34 heavy (non-hydrogen) atoms. The number of anilines is 3. The lowest BCUT2D eigenvalue weighted by Crippen LogP contribution is -2.36. The van der Waals surface area contributed by atoms with Crippen molar-refractivity contribution in [1.29, 1.82) is 0 Å². The monoisotopic (exact) mass is 462 g/mol. The quantitative estimate of drug-likeness (QED) is 0.466. The maximum Gasteiger partial charge on any atom is 0.263 e. The van der Waals surface area contributed by atoms with E-state index in [1.165, 1.54) is 0 Å². The molecule has 2 N–H and O–H groups in total. The summed E-state index contributed by atoms with van der Waals surface area (Å²) in [7, 11) is 1.77. The minimum absolute atomic E-state index is 0.239. The number of nitrogens with one attached hydrogen (secondary N) is 2. The predicted molar refractivity (Wildman–Crippen MR) is 126 cm³/mol. The summed E-state index contributed by atoms with van der Waals surface area (Å²) in [6.45, 7) is 3.06. The zero-order chi connectivity index (χ0) is 23.3. The molecule has 1 saturated carbocycles. The molecule has 0 spiro atoms. The molecule has 0 atom stereocenters. The van der Waals surface area contributed by atoms with Gasteiger partial charge in [-0.3, -0.25) is 4.79 Å². The van der Waals surface area contributed by atoms with Gasteiger partial charge in [0.1, 0.15) is 11.6 Å². The highest BCUT2D eigenvalue weighted by molar-refractivity contribution is 6.04. The third-order valence-electron chi connectivity index (χ3n) is 6.28. The summed E-state index contributed by atoms with van der Waals surface area (Å²) in [6, 6.07) is 5.67. The van der Waals surface area contributed by atoms with Crippen LogP contribution in [0.2, 0.25) is 0 Å². The third-order valence-corrected chi connectivity index (χ3v) is 6.28. The average molecular weight is 462 g/mol. The van der Waals surface area contributed by atoms with Gasteiger partial charge in [0.15, 0.2) is 17.1 Å². The molecule has 0 aromatic carbocycles. The fraction of sp³-hybridized carbons (Fsp3) is 0.348. The van der Waals surface area contributed by atoms with Crippen molar-refractivity contribution in [1.82, 2.24) is 24.6 Å². The number of hydrogen-bond donors (Lipinski definition) is 2. The van der Waals surface area contributed by atoms with Crippen molar-refractivity contribution in [2.24, 2.45) is 0 Å². The van der Waals surface area contributed by atoms with Crippen molar-refractivity contribution in [3.8, 4) is 11.4 Å². The predicted octanol–water partition coefficient (Wildman–Crippen LogP) is 2.66. The van der Waals surface area contributed by atoms with Gasteiger partial charge in [0.25, 0.3) is 5.91 Å². The van der Waals surface area contributed by atoms with E-state index in [-0.39, 0.29) is 18.7 Å². The Hall–Kier alpha value is -3.86. The first-order valence-electron chi connectivity index (χ1n) is 11.2. The number of carbonyl (C=O) groups excluding carboxylic acids is 1. The average Bonchev–Trinajstić information content (AvgIpc) is 3.48. The van der Waals surface area contributed by atoms with Crippen LogP contribution in [0.15, 0.2) is 36.8 Å². The summed E-state index contributed by atoms with van der Waals surface area (Å²) in [5.41, 5.74) is 0.656. The highest BCUT2D eigenvalue weighted by atomic mass is 19.1. The van der Waals surface area contributed by atoms with Crippen LogP contribution < -0.4 is 15.5 Å². The van der Waals surface area contributed by atoms with Gasteiger partial charge in [-0.1, -0.05) is 0 Å². The van der Waals surface area contributed by atoms with E-state index in [1.54, 1.807) is 30.0 Å².